The molecule has 6 aliphatic heterocycles. The van der Waals surface area contributed by atoms with Crippen LogP contribution in [0.15, 0.2) is 0 Å². The van der Waals surface area contributed by atoms with Crippen molar-refractivity contribution in [3.8, 4) is 0 Å². The van der Waals surface area contributed by atoms with Crippen LogP contribution in [0.2, 0.25) is 0 Å². The van der Waals surface area contributed by atoms with Gasteiger partial charge in [0.25, 0.3) is 0 Å². The molecule has 0 bridgehead atoms. The molecule has 6 fully saturated rings. The van der Waals surface area contributed by atoms with Gasteiger partial charge in [0.1, 0.15) is 24.4 Å². The van der Waals surface area contributed by atoms with Crippen LogP contribution in [-0.2, 0) is 52.1 Å². The normalized spacial score (nSPS) is 53.0. The van der Waals surface area contributed by atoms with Crippen LogP contribution in [0.5, 0.6) is 0 Å². The molecule has 0 spiro atoms. The Labute approximate surface area is 310 Å². The predicted molar refractivity (Wildman–Crippen MR) is 180 cm³/mol. The molecule has 0 unspecified atom stereocenters. The third kappa shape index (κ3) is 10.4. The standard InChI is InChI=1S/C36H62O17/c1-15-21(37)7-9-28(44-15)50-26-14-32(46-18(4)34(26)42)53-36-20(6)47-30(11-23(36)39)49-24-8-10-29(45-16(24)2)52-35-19(5)48-31(12-22(35)38)51-25-13-27(40)43-17(3)33(25)41/h15-42H,7-14H2,1-6H3/t15-,16-,17+,18+,19+,20+,21-,22+,23+,24-,25+,26+,27+,28-,29-,30-,31-,32-,33+,34+,35+,36+/m0/s1. The second-order valence-corrected chi connectivity index (χ2v) is 15.7. The van der Waals surface area contributed by atoms with Crippen LogP contribution in [0, 0.1) is 0 Å². The highest BCUT2D eigenvalue weighted by Gasteiger charge is 2.46. The maximum absolute atomic E-state index is 11.2. The van der Waals surface area contributed by atoms with E-state index in [2.05, 4.69) is 0 Å². The fraction of sp³-hybridized carbons (Fsp3) is 1.00. The molecule has 0 radical (unpaired) electrons. The van der Waals surface area contributed by atoms with Crippen LogP contribution in [0.25, 0.3) is 0 Å². The number of ether oxygens (including phenoxy) is 11. The van der Waals surface area contributed by atoms with Gasteiger partial charge in [0.2, 0.25) is 0 Å². The largest absolute Gasteiger partial charge is 0.390 e. The van der Waals surface area contributed by atoms with Crippen molar-refractivity contribution in [1.29, 1.82) is 0 Å². The molecule has 53 heavy (non-hydrogen) atoms. The van der Waals surface area contributed by atoms with Crippen LogP contribution < -0.4 is 0 Å². The predicted octanol–water partition coefficient (Wildman–Crippen LogP) is 0.299. The third-order valence-corrected chi connectivity index (χ3v) is 11.4. The van der Waals surface area contributed by atoms with Gasteiger partial charge in [-0.05, 0) is 54.4 Å². The first-order valence-corrected chi connectivity index (χ1v) is 19.4. The molecule has 308 valence electrons. The van der Waals surface area contributed by atoms with Crippen LogP contribution in [0.3, 0.4) is 0 Å². The fourth-order valence-electron chi connectivity index (χ4n) is 8.19. The van der Waals surface area contributed by atoms with E-state index in [4.69, 9.17) is 52.1 Å². The molecule has 6 aliphatic rings. The Morgan fingerprint density at radius 1 is 0.358 bits per heavy atom. The summed E-state index contributed by atoms with van der Waals surface area (Å²) in [4.78, 5) is 0. The van der Waals surface area contributed by atoms with Crippen LogP contribution in [-0.4, -0.2) is 166 Å². The molecule has 17 heteroatoms. The monoisotopic (exact) mass is 766 g/mol. The van der Waals surface area contributed by atoms with E-state index in [9.17, 15) is 30.6 Å². The first kappa shape index (κ1) is 41.9. The summed E-state index contributed by atoms with van der Waals surface area (Å²) < 4.78 is 66.0. The topological polar surface area (TPSA) is 223 Å². The Kier molecular flexibility index (Phi) is 14.5. The first-order chi connectivity index (χ1) is 25.1. The zero-order valence-corrected chi connectivity index (χ0v) is 31.5. The van der Waals surface area contributed by atoms with Crippen molar-refractivity contribution in [2.24, 2.45) is 0 Å². The minimum atomic E-state index is -1.05. The van der Waals surface area contributed by atoms with E-state index in [0.717, 1.165) is 0 Å². The maximum atomic E-state index is 11.2. The van der Waals surface area contributed by atoms with Crippen LogP contribution in [0.4, 0.5) is 0 Å². The van der Waals surface area contributed by atoms with E-state index in [-0.39, 0.29) is 44.0 Å². The molecule has 6 saturated heterocycles. The highest BCUT2D eigenvalue weighted by atomic mass is 16.8. The van der Waals surface area contributed by atoms with Crippen molar-refractivity contribution in [3.05, 3.63) is 0 Å². The van der Waals surface area contributed by atoms with Crippen molar-refractivity contribution < 1.29 is 82.7 Å². The van der Waals surface area contributed by atoms with E-state index >= 15 is 0 Å². The molecule has 0 aromatic heterocycles. The second-order valence-electron chi connectivity index (χ2n) is 15.7. The van der Waals surface area contributed by atoms with Gasteiger partial charge in [-0.2, -0.15) is 0 Å². The lowest BCUT2D eigenvalue weighted by Gasteiger charge is -2.45. The summed E-state index contributed by atoms with van der Waals surface area (Å²) in [7, 11) is 0. The Morgan fingerprint density at radius 3 is 1.38 bits per heavy atom. The molecule has 6 rings (SSSR count). The minimum absolute atomic E-state index is 0.0893. The molecule has 17 nitrogen and oxygen atoms in total. The number of hydrogen-bond acceptors (Lipinski definition) is 17. The van der Waals surface area contributed by atoms with Gasteiger partial charge >= 0.3 is 0 Å². The maximum Gasteiger partial charge on any atom is 0.161 e. The average molecular weight is 767 g/mol. The molecule has 0 aromatic rings. The minimum Gasteiger partial charge on any atom is -0.390 e. The molecule has 0 saturated carbocycles. The summed E-state index contributed by atoms with van der Waals surface area (Å²) in [6, 6.07) is 0. The Bertz CT molecular complexity index is 1110. The summed E-state index contributed by atoms with van der Waals surface area (Å²) >= 11 is 0. The van der Waals surface area contributed by atoms with Gasteiger partial charge in [-0.1, -0.05) is 0 Å². The smallest absolute Gasteiger partial charge is 0.161 e. The number of hydrogen-bond donors (Lipinski definition) is 6. The van der Waals surface area contributed by atoms with E-state index < -0.39 is 117 Å². The van der Waals surface area contributed by atoms with E-state index in [1.165, 1.54) is 0 Å². The second kappa shape index (κ2) is 18.3. The highest BCUT2D eigenvalue weighted by molar-refractivity contribution is 4.89. The molecule has 6 N–H and O–H groups in total. The van der Waals surface area contributed by atoms with Crippen molar-refractivity contribution in [1.82, 2.24) is 0 Å². The fourth-order valence-corrected chi connectivity index (χ4v) is 8.19. The van der Waals surface area contributed by atoms with Crippen molar-refractivity contribution in [3.63, 3.8) is 0 Å². The quantitative estimate of drug-likeness (QED) is 0.176. The van der Waals surface area contributed by atoms with E-state index in [0.29, 0.717) is 25.7 Å². The summed E-state index contributed by atoms with van der Waals surface area (Å²) in [5.41, 5.74) is 0. The van der Waals surface area contributed by atoms with Gasteiger partial charge < -0.3 is 82.7 Å². The van der Waals surface area contributed by atoms with Crippen molar-refractivity contribution in [2.75, 3.05) is 0 Å². The molecule has 6 heterocycles. The zero-order valence-electron chi connectivity index (χ0n) is 31.5. The number of rotatable bonds is 10. The van der Waals surface area contributed by atoms with Crippen molar-refractivity contribution in [2.45, 2.75) is 228 Å². The SMILES string of the molecule is C[C@@H]1O[C@@H](O[C@H]2[C@H](O)C[C@H](O[C@@H]3C[C@H](O)O[C@H](C)[C@H]3O)O[C@@H]2C)CC[C@@H]1O[C@H]1C[C@@H](O)[C@H](O[C@H]2C[C@@H](O[C@H]3CC[C@H](O)[C@H](C)O3)[C@H](O)[C@@H](C)O2)[C@@H](C)O1. The summed E-state index contributed by atoms with van der Waals surface area (Å²) in [6.07, 6.45) is -12.1. The highest BCUT2D eigenvalue weighted by Crippen LogP contribution is 2.35. The molecule has 0 aliphatic carbocycles. The molecule has 22 atom stereocenters. The summed E-state index contributed by atoms with van der Waals surface area (Å²) in [5, 5.41) is 63.3. The molecular weight excluding hydrogens is 704 g/mol. The molecule has 0 aromatic carbocycles. The number of aliphatic hydroxyl groups is 6. The van der Waals surface area contributed by atoms with Gasteiger partial charge in [0.15, 0.2) is 37.7 Å². The Hall–Kier alpha value is -0.680. The van der Waals surface area contributed by atoms with Gasteiger partial charge in [0.05, 0.1) is 73.2 Å². The van der Waals surface area contributed by atoms with Gasteiger partial charge in [-0.25, -0.2) is 0 Å². The van der Waals surface area contributed by atoms with Crippen molar-refractivity contribution >= 4 is 0 Å². The first-order valence-electron chi connectivity index (χ1n) is 19.4. The lowest BCUT2D eigenvalue weighted by molar-refractivity contribution is -0.341. The summed E-state index contributed by atoms with van der Waals surface area (Å²) in [6.45, 7) is 10.6. The third-order valence-electron chi connectivity index (χ3n) is 11.4. The van der Waals surface area contributed by atoms with E-state index in [1.807, 2.05) is 6.92 Å². The number of aliphatic hydroxyl groups excluding tert-OH is 6. The Morgan fingerprint density at radius 2 is 0.792 bits per heavy atom. The average Bonchev–Trinajstić information content (AvgIpc) is 3.08. The van der Waals surface area contributed by atoms with Crippen LogP contribution in [0.1, 0.15) is 92.9 Å². The Balaban J connectivity index is 0.929. The van der Waals surface area contributed by atoms with Gasteiger partial charge in [-0.15, -0.1) is 0 Å². The lowest BCUT2D eigenvalue weighted by atomic mass is 9.99. The molecule has 0 amide bonds. The lowest BCUT2D eigenvalue weighted by Crippen LogP contribution is -2.56. The van der Waals surface area contributed by atoms with E-state index in [1.54, 1.807) is 34.6 Å². The van der Waals surface area contributed by atoms with Gasteiger partial charge in [-0.3, -0.25) is 0 Å². The summed E-state index contributed by atoms with van der Waals surface area (Å²) in [5.74, 6) is 0. The zero-order chi connectivity index (χ0) is 38.1. The van der Waals surface area contributed by atoms with Crippen LogP contribution >= 0.6 is 0 Å². The van der Waals surface area contributed by atoms with Gasteiger partial charge in [0, 0.05) is 38.5 Å². The molecular formula is C36H62O17.